The molecule has 1 aromatic heterocycles. The molecule has 1 nitrogen and oxygen atoms in total. The molecular weight excluding hydrogens is 184 g/mol. The molecule has 0 aliphatic rings. The summed E-state index contributed by atoms with van der Waals surface area (Å²) in [7, 11) is 0. The molecule has 68 valence electrons. The van der Waals surface area contributed by atoms with E-state index >= 15 is 0 Å². The molecule has 0 aliphatic heterocycles. The van der Waals surface area contributed by atoms with E-state index in [4.69, 9.17) is 16.0 Å². The number of allylic oxidation sites excluding steroid dienone is 4. The Balaban J connectivity index is 3.09. The summed E-state index contributed by atoms with van der Waals surface area (Å²) in [4.78, 5) is 0. The van der Waals surface area contributed by atoms with Crippen molar-refractivity contribution in [2.45, 2.75) is 6.92 Å². The first-order valence-electron chi connectivity index (χ1n) is 3.89. The molecule has 0 unspecified atom stereocenters. The summed E-state index contributed by atoms with van der Waals surface area (Å²) >= 11 is 5.80. The van der Waals surface area contributed by atoms with E-state index in [-0.39, 0.29) is 0 Å². The molecular formula is C11H11ClO. The van der Waals surface area contributed by atoms with E-state index in [1.165, 1.54) is 0 Å². The predicted octanol–water partition coefficient (Wildman–Crippen LogP) is 3.91. The predicted molar refractivity (Wildman–Crippen MR) is 56.6 cm³/mol. The third kappa shape index (κ3) is 2.36. The lowest BCUT2D eigenvalue weighted by atomic mass is 10.2. The Hall–Kier alpha value is -1.21. The van der Waals surface area contributed by atoms with Crippen LogP contribution < -0.4 is 0 Å². The van der Waals surface area contributed by atoms with Crippen LogP contribution in [0.25, 0.3) is 5.57 Å². The summed E-state index contributed by atoms with van der Waals surface area (Å²) in [6.45, 7) is 9.13. The van der Waals surface area contributed by atoms with Gasteiger partial charge in [0.15, 0.2) is 0 Å². The second-order valence-corrected chi connectivity index (χ2v) is 3.09. The van der Waals surface area contributed by atoms with Crippen molar-refractivity contribution in [3.63, 3.8) is 0 Å². The number of aryl methyl sites for hydroxylation is 1. The molecule has 0 spiro atoms. The number of hydrogen-bond acceptors (Lipinski definition) is 1. The van der Waals surface area contributed by atoms with Crippen molar-refractivity contribution in [3.05, 3.63) is 54.0 Å². The molecule has 1 aromatic rings. The van der Waals surface area contributed by atoms with Gasteiger partial charge in [0.25, 0.3) is 0 Å². The first kappa shape index (κ1) is 9.87. The van der Waals surface area contributed by atoms with Crippen LogP contribution in [0.5, 0.6) is 0 Å². The van der Waals surface area contributed by atoms with Gasteiger partial charge in [-0.25, -0.2) is 0 Å². The average Bonchev–Trinajstić information content (AvgIpc) is 2.46. The van der Waals surface area contributed by atoms with Crippen molar-refractivity contribution in [2.75, 3.05) is 0 Å². The maximum absolute atomic E-state index is 5.80. The largest absolute Gasteiger partial charge is 0.461 e. The van der Waals surface area contributed by atoms with Gasteiger partial charge in [0.2, 0.25) is 0 Å². The zero-order valence-electron chi connectivity index (χ0n) is 7.51. The van der Waals surface area contributed by atoms with E-state index in [0.29, 0.717) is 5.03 Å². The van der Waals surface area contributed by atoms with Gasteiger partial charge in [0, 0.05) is 10.6 Å². The molecule has 0 saturated heterocycles. The van der Waals surface area contributed by atoms with Crippen LogP contribution in [-0.2, 0) is 0 Å². The molecule has 0 aliphatic carbocycles. The lowest BCUT2D eigenvalue weighted by Crippen LogP contribution is -1.78. The van der Waals surface area contributed by atoms with E-state index < -0.39 is 0 Å². The summed E-state index contributed by atoms with van der Waals surface area (Å²) < 4.78 is 5.40. The summed E-state index contributed by atoms with van der Waals surface area (Å²) in [6, 6.07) is 3.74. The summed E-state index contributed by atoms with van der Waals surface area (Å²) in [6.07, 6.45) is 3.42. The van der Waals surface area contributed by atoms with Crippen LogP contribution >= 0.6 is 11.6 Å². The maximum atomic E-state index is 5.80. The highest BCUT2D eigenvalue weighted by atomic mass is 35.5. The Morgan fingerprint density at radius 1 is 1.54 bits per heavy atom. The molecule has 0 amide bonds. The quantitative estimate of drug-likeness (QED) is 0.665. The third-order valence-corrected chi connectivity index (χ3v) is 1.79. The minimum Gasteiger partial charge on any atom is -0.461 e. The first-order chi connectivity index (χ1) is 6.15. The molecule has 0 fully saturated rings. The van der Waals surface area contributed by atoms with Crippen LogP contribution in [0.2, 0.25) is 0 Å². The highest BCUT2D eigenvalue weighted by Gasteiger charge is 2.06. The van der Waals surface area contributed by atoms with Crippen LogP contribution in [0.15, 0.2) is 46.9 Å². The average molecular weight is 195 g/mol. The fourth-order valence-corrected chi connectivity index (χ4v) is 1.16. The second kappa shape index (κ2) is 4.15. The van der Waals surface area contributed by atoms with Crippen molar-refractivity contribution < 1.29 is 4.42 Å². The van der Waals surface area contributed by atoms with Gasteiger partial charge in [0.05, 0.1) is 0 Å². The monoisotopic (exact) mass is 194 g/mol. The van der Waals surface area contributed by atoms with Crippen molar-refractivity contribution in [2.24, 2.45) is 0 Å². The Morgan fingerprint density at radius 3 is 2.62 bits per heavy atom. The zero-order valence-corrected chi connectivity index (χ0v) is 8.27. The van der Waals surface area contributed by atoms with Gasteiger partial charge >= 0.3 is 0 Å². The zero-order chi connectivity index (χ0) is 9.84. The highest BCUT2D eigenvalue weighted by molar-refractivity contribution is 6.36. The smallest absolute Gasteiger partial charge is 0.135 e. The van der Waals surface area contributed by atoms with Crippen LogP contribution in [0, 0.1) is 6.92 Å². The number of furan rings is 1. The number of halogens is 1. The molecule has 1 rings (SSSR count). The number of rotatable bonds is 3. The van der Waals surface area contributed by atoms with E-state index in [1.807, 2.05) is 19.1 Å². The molecule has 0 atom stereocenters. The van der Waals surface area contributed by atoms with E-state index in [0.717, 1.165) is 17.1 Å². The topological polar surface area (TPSA) is 13.1 Å². The van der Waals surface area contributed by atoms with Crippen LogP contribution in [-0.4, -0.2) is 0 Å². The first-order valence-corrected chi connectivity index (χ1v) is 4.27. The van der Waals surface area contributed by atoms with Gasteiger partial charge in [-0.2, -0.15) is 0 Å². The third-order valence-electron chi connectivity index (χ3n) is 1.58. The summed E-state index contributed by atoms with van der Waals surface area (Å²) in [5, 5.41) is 0.453. The molecule has 0 bridgehead atoms. The van der Waals surface area contributed by atoms with Crippen LogP contribution in [0.4, 0.5) is 0 Å². The molecule has 13 heavy (non-hydrogen) atoms. The van der Waals surface area contributed by atoms with E-state index in [1.54, 1.807) is 12.2 Å². The van der Waals surface area contributed by atoms with E-state index in [9.17, 15) is 0 Å². The van der Waals surface area contributed by atoms with Gasteiger partial charge in [-0.1, -0.05) is 36.9 Å². The van der Waals surface area contributed by atoms with Gasteiger partial charge in [-0.3, -0.25) is 0 Å². The van der Waals surface area contributed by atoms with Gasteiger partial charge in [0.1, 0.15) is 11.5 Å². The molecule has 0 N–H and O–H groups in total. The molecule has 0 radical (unpaired) electrons. The summed E-state index contributed by atoms with van der Waals surface area (Å²) in [5.41, 5.74) is 0.768. The lowest BCUT2D eigenvalue weighted by molar-refractivity contribution is 0.522. The van der Waals surface area contributed by atoms with Gasteiger partial charge < -0.3 is 4.42 Å². The van der Waals surface area contributed by atoms with Crippen LogP contribution in [0.3, 0.4) is 0 Å². The molecule has 0 aromatic carbocycles. The van der Waals surface area contributed by atoms with Gasteiger partial charge in [-0.05, 0) is 19.1 Å². The SMILES string of the molecule is C=C/C=C(\C(=C)Cl)c1ccc(C)o1. The van der Waals surface area contributed by atoms with Crippen molar-refractivity contribution >= 4 is 17.2 Å². The molecule has 2 heteroatoms. The maximum Gasteiger partial charge on any atom is 0.135 e. The lowest BCUT2D eigenvalue weighted by Gasteiger charge is -1.99. The summed E-state index contributed by atoms with van der Waals surface area (Å²) in [5.74, 6) is 1.57. The highest BCUT2D eigenvalue weighted by Crippen LogP contribution is 2.26. The Bertz CT molecular complexity index is 358. The van der Waals surface area contributed by atoms with Gasteiger partial charge in [-0.15, -0.1) is 0 Å². The Kier molecular flexibility index (Phi) is 3.15. The Labute approximate surface area is 83.0 Å². The van der Waals surface area contributed by atoms with Crippen molar-refractivity contribution in [3.8, 4) is 0 Å². The normalized spacial score (nSPS) is 11.4. The second-order valence-electron chi connectivity index (χ2n) is 2.63. The van der Waals surface area contributed by atoms with E-state index in [2.05, 4.69) is 13.2 Å². The fourth-order valence-electron chi connectivity index (χ4n) is 1.00. The molecule has 1 heterocycles. The minimum absolute atomic E-state index is 0.453. The fraction of sp³-hybridized carbons (Fsp3) is 0.0909. The minimum atomic E-state index is 0.453. The Morgan fingerprint density at radius 2 is 2.23 bits per heavy atom. The van der Waals surface area contributed by atoms with Crippen LogP contribution in [0.1, 0.15) is 11.5 Å². The van der Waals surface area contributed by atoms with Crippen molar-refractivity contribution in [1.29, 1.82) is 0 Å². The standard InChI is InChI=1S/C11H11ClO/c1-4-5-10(9(3)12)11-7-6-8(2)13-11/h4-7H,1,3H2,2H3/b10-5+. The number of hydrogen-bond donors (Lipinski definition) is 0. The molecule has 0 saturated carbocycles. The van der Waals surface area contributed by atoms with Crippen molar-refractivity contribution in [1.82, 2.24) is 0 Å².